The Hall–Kier alpha value is -1.66. The maximum Gasteiger partial charge on any atom is 0.191 e. The number of benzene rings is 1. The normalized spacial score (nSPS) is 20.4. The quantitative estimate of drug-likeness (QED) is 0.414. The Kier molecular flexibility index (Phi) is 7.29. The van der Waals surface area contributed by atoms with E-state index in [9.17, 15) is 4.39 Å². The molecule has 2 atom stereocenters. The first kappa shape index (κ1) is 17.7. The summed E-state index contributed by atoms with van der Waals surface area (Å²) in [5.74, 6) is 0.857. The fourth-order valence-corrected chi connectivity index (χ4v) is 2.47. The molecular formula is C17H26FN3O2. The molecule has 1 fully saturated rings. The molecule has 6 heteroatoms. The first-order valence-electron chi connectivity index (χ1n) is 8.04. The first-order chi connectivity index (χ1) is 11.3. The predicted molar refractivity (Wildman–Crippen MR) is 89.4 cm³/mol. The van der Waals surface area contributed by atoms with Crippen molar-refractivity contribution in [2.24, 2.45) is 4.99 Å². The third kappa shape index (κ3) is 5.80. The van der Waals surface area contributed by atoms with Gasteiger partial charge >= 0.3 is 0 Å². The lowest BCUT2D eigenvalue weighted by Crippen LogP contribution is -2.39. The number of hydrogen-bond donors (Lipinski definition) is 2. The van der Waals surface area contributed by atoms with Gasteiger partial charge in [0.15, 0.2) is 5.96 Å². The van der Waals surface area contributed by atoms with Crippen LogP contribution in [0.4, 0.5) is 4.39 Å². The zero-order chi connectivity index (χ0) is 16.5. The second-order valence-corrected chi connectivity index (χ2v) is 5.57. The number of methoxy groups -OCH3 is 1. The molecule has 2 rings (SSSR count). The van der Waals surface area contributed by atoms with Crippen LogP contribution in [0, 0.1) is 5.82 Å². The lowest BCUT2D eigenvalue weighted by molar-refractivity contribution is 0.0698. The van der Waals surface area contributed by atoms with E-state index < -0.39 is 0 Å². The van der Waals surface area contributed by atoms with Crippen molar-refractivity contribution in [2.45, 2.75) is 24.8 Å². The Morgan fingerprint density at radius 1 is 1.30 bits per heavy atom. The Morgan fingerprint density at radius 3 is 2.87 bits per heavy atom. The molecule has 0 aliphatic heterocycles. The zero-order valence-corrected chi connectivity index (χ0v) is 13.8. The van der Waals surface area contributed by atoms with Gasteiger partial charge in [0.05, 0.1) is 13.2 Å². The van der Waals surface area contributed by atoms with Crippen molar-refractivity contribution in [2.75, 3.05) is 40.5 Å². The van der Waals surface area contributed by atoms with Gasteiger partial charge < -0.3 is 20.1 Å². The highest BCUT2D eigenvalue weighted by molar-refractivity contribution is 5.80. The zero-order valence-electron chi connectivity index (χ0n) is 13.8. The summed E-state index contributed by atoms with van der Waals surface area (Å²) < 4.78 is 24.1. The van der Waals surface area contributed by atoms with E-state index in [1.807, 2.05) is 12.1 Å². The molecule has 2 N–H and O–H groups in total. The average molecular weight is 323 g/mol. The maximum absolute atomic E-state index is 13.8. The number of nitrogens with zero attached hydrogens (tertiary/aromatic N) is 1. The standard InChI is InChI=1S/C17H26FN3O2/c1-19-17(20-8-5-9-23-11-10-22-2)21-16-12-14(16)13-6-3-4-7-15(13)18/h3-4,6-7,14,16H,5,8-12H2,1-2H3,(H2,19,20,21). The topological polar surface area (TPSA) is 54.9 Å². The van der Waals surface area contributed by atoms with Crippen LogP contribution in [0.1, 0.15) is 24.3 Å². The van der Waals surface area contributed by atoms with E-state index in [4.69, 9.17) is 9.47 Å². The maximum atomic E-state index is 13.8. The molecule has 1 aromatic rings. The van der Waals surface area contributed by atoms with Gasteiger partial charge in [-0.15, -0.1) is 0 Å². The monoisotopic (exact) mass is 323 g/mol. The molecule has 1 aliphatic rings. The van der Waals surface area contributed by atoms with Crippen molar-refractivity contribution in [1.29, 1.82) is 0 Å². The lowest BCUT2D eigenvalue weighted by atomic mass is 10.1. The third-order valence-electron chi connectivity index (χ3n) is 3.83. The molecule has 0 saturated heterocycles. The summed E-state index contributed by atoms with van der Waals surface area (Å²) >= 11 is 0. The van der Waals surface area contributed by atoms with Gasteiger partial charge in [0.1, 0.15) is 5.82 Å². The number of hydrogen-bond acceptors (Lipinski definition) is 3. The van der Waals surface area contributed by atoms with Crippen LogP contribution in [-0.2, 0) is 9.47 Å². The van der Waals surface area contributed by atoms with Crippen molar-refractivity contribution >= 4 is 5.96 Å². The molecule has 1 saturated carbocycles. The van der Waals surface area contributed by atoms with Gasteiger partial charge in [-0.25, -0.2) is 4.39 Å². The molecule has 0 aromatic heterocycles. The van der Waals surface area contributed by atoms with Gasteiger partial charge in [-0.1, -0.05) is 18.2 Å². The Labute approximate surface area is 137 Å². The number of aliphatic imine (C=N–C) groups is 1. The second-order valence-electron chi connectivity index (χ2n) is 5.57. The number of guanidine groups is 1. The Balaban J connectivity index is 1.64. The van der Waals surface area contributed by atoms with Gasteiger partial charge in [-0.2, -0.15) is 0 Å². The van der Waals surface area contributed by atoms with Gasteiger partial charge in [-0.3, -0.25) is 4.99 Å². The van der Waals surface area contributed by atoms with Crippen LogP contribution < -0.4 is 10.6 Å². The molecule has 0 radical (unpaired) electrons. The number of halogens is 1. The molecule has 1 aliphatic carbocycles. The minimum absolute atomic E-state index is 0.127. The van der Waals surface area contributed by atoms with Crippen molar-refractivity contribution in [3.8, 4) is 0 Å². The van der Waals surface area contributed by atoms with Gasteiger partial charge in [-0.05, 0) is 24.5 Å². The smallest absolute Gasteiger partial charge is 0.191 e. The molecule has 0 spiro atoms. The molecule has 0 heterocycles. The van der Waals surface area contributed by atoms with Crippen LogP contribution in [0.25, 0.3) is 0 Å². The summed E-state index contributed by atoms with van der Waals surface area (Å²) in [6, 6.07) is 7.22. The molecule has 5 nitrogen and oxygen atoms in total. The van der Waals surface area contributed by atoms with Crippen LogP contribution in [0.15, 0.2) is 29.3 Å². The number of nitrogens with one attached hydrogen (secondary N) is 2. The van der Waals surface area contributed by atoms with Crippen LogP contribution in [-0.4, -0.2) is 52.5 Å². The van der Waals surface area contributed by atoms with Crippen molar-refractivity contribution in [3.05, 3.63) is 35.6 Å². The summed E-state index contributed by atoms with van der Waals surface area (Å²) in [5.41, 5.74) is 0.784. The van der Waals surface area contributed by atoms with Crippen LogP contribution >= 0.6 is 0 Å². The molecule has 23 heavy (non-hydrogen) atoms. The summed E-state index contributed by atoms with van der Waals surface area (Å²) in [4.78, 5) is 4.21. The van der Waals surface area contributed by atoms with E-state index >= 15 is 0 Å². The minimum atomic E-state index is -0.127. The van der Waals surface area contributed by atoms with Crippen molar-refractivity contribution in [3.63, 3.8) is 0 Å². The van der Waals surface area contributed by atoms with Crippen molar-refractivity contribution in [1.82, 2.24) is 10.6 Å². The number of rotatable bonds is 9. The lowest BCUT2D eigenvalue weighted by Gasteiger charge is -2.12. The molecule has 128 valence electrons. The van der Waals surface area contributed by atoms with Crippen LogP contribution in [0.5, 0.6) is 0 Å². The van der Waals surface area contributed by atoms with Crippen LogP contribution in [0.3, 0.4) is 0 Å². The second kappa shape index (κ2) is 9.47. The fraction of sp³-hybridized carbons (Fsp3) is 0.588. The Bertz CT molecular complexity index is 510. The molecular weight excluding hydrogens is 297 g/mol. The Morgan fingerprint density at radius 2 is 2.13 bits per heavy atom. The molecule has 0 bridgehead atoms. The summed E-state index contributed by atoms with van der Waals surface area (Å²) in [5, 5.41) is 6.59. The van der Waals surface area contributed by atoms with E-state index in [0.29, 0.717) is 19.8 Å². The summed E-state index contributed by atoms with van der Waals surface area (Å²) in [7, 11) is 3.40. The fourth-order valence-electron chi connectivity index (χ4n) is 2.47. The van der Waals surface area contributed by atoms with Gasteiger partial charge in [0, 0.05) is 39.3 Å². The van der Waals surface area contributed by atoms with E-state index in [1.165, 1.54) is 6.07 Å². The van der Waals surface area contributed by atoms with E-state index in [2.05, 4.69) is 15.6 Å². The minimum Gasteiger partial charge on any atom is -0.382 e. The SMILES string of the molecule is CN=C(NCCCOCCOC)NC1CC1c1ccccc1F. The average Bonchev–Trinajstić information content (AvgIpc) is 3.32. The molecule has 0 amide bonds. The largest absolute Gasteiger partial charge is 0.382 e. The predicted octanol–water partition coefficient (Wildman–Crippen LogP) is 1.90. The van der Waals surface area contributed by atoms with Gasteiger partial charge in [0.2, 0.25) is 0 Å². The van der Waals surface area contributed by atoms with Crippen LogP contribution in [0.2, 0.25) is 0 Å². The first-order valence-corrected chi connectivity index (χ1v) is 8.04. The molecule has 2 unspecified atom stereocenters. The third-order valence-corrected chi connectivity index (χ3v) is 3.83. The van der Waals surface area contributed by atoms with E-state index in [0.717, 1.165) is 30.9 Å². The van der Waals surface area contributed by atoms with Gasteiger partial charge in [0.25, 0.3) is 0 Å². The highest BCUT2D eigenvalue weighted by Crippen LogP contribution is 2.41. The highest BCUT2D eigenvalue weighted by Gasteiger charge is 2.40. The summed E-state index contributed by atoms with van der Waals surface area (Å²) in [6.45, 7) is 2.71. The number of ether oxygens (including phenoxy) is 2. The van der Waals surface area contributed by atoms with E-state index in [1.54, 1.807) is 20.2 Å². The summed E-state index contributed by atoms with van der Waals surface area (Å²) in [6.07, 6.45) is 1.83. The highest BCUT2D eigenvalue weighted by atomic mass is 19.1. The molecule has 1 aromatic carbocycles. The van der Waals surface area contributed by atoms with Crippen molar-refractivity contribution < 1.29 is 13.9 Å². The van der Waals surface area contributed by atoms with E-state index in [-0.39, 0.29) is 17.8 Å².